The van der Waals surface area contributed by atoms with E-state index >= 15 is 0 Å². The van der Waals surface area contributed by atoms with E-state index in [9.17, 15) is 18.3 Å². The van der Waals surface area contributed by atoms with Crippen molar-refractivity contribution in [3.8, 4) is 5.75 Å². The Kier molecular flexibility index (Phi) is 4.35. The van der Waals surface area contributed by atoms with E-state index in [2.05, 4.69) is 15.9 Å². The molecule has 0 aliphatic carbocycles. The van der Waals surface area contributed by atoms with Crippen molar-refractivity contribution in [3.63, 3.8) is 0 Å². The summed E-state index contributed by atoms with van der Waals surface area (Å²) in [6.07, 6.45) is -1.61. The Morgan fingerprint density at radius 2 is 1.65 bits per heavy atom. The second-order valence-electron chi connectivity index (χ2n) is 4.08. The Balaban J connectivity index is 2.47. The lowest BCUT2D eigenvalue weighted by atomic mass is 10.00. The molecule has 0 aromatic heterocycles. The maximum Gasteiger partial charge on any atom is 0.137 e. The van der Waals surface area contributed by atoms with Gasteiger partial charge in [0.15, 0.2) is 0 Å². The first-order valence-corrected chi connectivity index (χ1v) is 6.39. The van der Waals surface area contributed by atoms with Gasteiger partial charge in [-0.2, -0.15) is 0 Å². The molecule has 0 heterocycles. The summed E-state index contributed by atoms with van der Waals surface area (Å²) in [6.45, 7) is 0. The predicted molar refractivity (Wildman–Crippen MR) is 71.1 cm³/mol. The number of halogens is 4. The van der Waals surface area contributed by atoms with E-state index in [0.717, 1.165) is 18.2 Å². The van der Waals surface area contributed by atoms with Gasteiger partial charge in [0.2, 0.25) is 0 Å². The zero-order chi connectivity index (χ0) is 14.9. The molecular formula is C14H10BrF3O2. The zero-order valence-electron chi connectivity index (χ0n) is 10.3. The highest BCUT2D eigenvalue weighted by atomic mass is 79.9. The maximum absolute atomic E-state index is 13.8. The Labute approximate surface area is 121 Å². The Hall–Kier alpha value is -1.53. The molecule has 0 bridgehead atoms. The molecule has 106 valence electrons. The molecule has 20 heavy (non-hydrogen) atoms. The molecule has 2 aromatic carbocycles. The lowest BCUT2D eigenvalue weighted by Crippen LogP contribution is -2.07. The summed E-state index contributed by atoms with van der Waals surface area (Å²) in [5.74, 6) is -2.55. The van der Waals surface area contributed by atoms with E-state index in [4.69, 9.17) is 4.74 Å². The normalized spacial score (nSPS) is 12.3. The summed E-state index contributed by atoms with van der Waals surface area (Å²) >= 11 is 2.96. The van der Waals surface area contributed by atoms with Gasteiger partial charge in [-0.15, -0.1) is 0 Å². The standard InChI is InChI=1S/C14H10BrF3O2/c1-20-8-5-11(17)13(12(18)6-8)14(19)7-2-3-9(15)10(16)4-7/h2-6,14,19H,1H3. The lowest BCUT2D eigenvalue weighted by molar-refractivity contribution is 0.208. The first-order chi connectivity index (χ1) is 9.43. The largest absolute Gasteiger partial charge is 0.497 e. The van der Waals surface area contributed by atoms with E-state index in [1.165, 1.54) is 19.2 Å². The van der Waals surface area contributed by atoms with Crippen LogP contribution in [0, 0.1) is 17.5 Å². The summed E-state index contributed by atoms with van der Waals surface area (Å²) in [4.78, 5) is 0. The third-order valence-electron chi connectivity index (χ3n) is 2.82. The predicted octanol–water partition coefficient (Wildman–Crippen LogP) is 3.96. The molecule has 0 aliphatic heterocycles. The lowest BCUT2D eigenvalue weighted by Gasteiger charge is -2.14. The average Bonchev–Trinajstić information content (AvgIpc) is 2.40. The van der Waals surface area contributed by atoms with Crippen LogP contribution in [0.25, 0.3) is 0 Å². The molecule has 1 atom stereocenters. The van der Waals surface area contributed by atoms with E-state index in [0.29, 0.717) is 0 Å². The highest BCUT2D eigenvalue weighted by Gasteiger charge is 2.22. The topological polar surface area (TPSA) is 29.5 Å². The highest BCUT2D eigenvalue weighted by Crippen LogP contribution is 2.31. The first kappa shape index (κ1) is 14.9. The van der Waals surface area contributed by atoms with Gasteiger partial charge in [0.25, 0.3) is 0 Å². The number of methoxy groups -OCH3 is 1. The molecule has 0 radical (unpaired) electrons. The van der Waals surface area contributed by atoms with E-state index in [-0.39, 0.29) is 15.8 Å². The number of hydrogen-bond donors (Lipinski definition) is 1. The quantitative estimate of drug-likeness (QED) is 0.911. The Morgan fingerprint density at radius 3 is 2.15 bits per heavy atom. The molecule has 2 nitrogen and oxygen atoms in total. The van der Waals surface area contributed by atoms with Gasteiger partial charge >= 0.3 is 0 Å². The monoisotopic (exact) mass is 346 g/mol. The minimum atomic E-state index is -1.61. The van der Waals surface area contributed by atoms with Crippen molar-refractivity contribution in [1.29, 1.82) is 0 Å². The molecule has 0 aliphatic rings. The van der Waals surface area contributed by atoms with Crippen LogP contribution in [0.3, 0.4) is 0 Å². The molecule has 2 aromatic rings. The number of ether oxygens (including phenoxy) is 1. The van der Waals surface area contributed by atoms with Gasteiger partial charge < -0.3 is 9.84 Å². The first-order valence-electron chi connectivity index (χ1n) is 5.60. The smallest absolute Gasteiger partial charge is 0.137 e. The fourth-order valence-electron chi connectivity index (χ4n) is 1.79. The van der Waals surface area contributed by atoms with Crippen LogP contribution in [0.1, 0.15) is 17.2 Å². The van der Waals surface area contributed by atoms with E-state index in [1.807, 2.05) is 0 Å². The third kappa shape index (κ3) is 2.81. The van der Waals surface area contributed by atoms with Crippen LogP contribution < -0.4 is 4.74 Å². The van der Waals surface area contributed by atoms with Crippen molar-refractivity contribution in [2.45, 2.75) is 6.10 Å². The molecule has 1 unspecified atom stereocenters. The summed E-state index contributed by atoms with van der Waals surface area (Å²) < 4.78 is 46.0. The average molecular weight is 347 g/mol. The fourth-order valence-corrected chi connectivity index (χ4v) is 2.04. The van der Waals surface area contributed by atoms with Gasteiger partial charge in [-0.25, -0.2) is 13.2 Å². The zero-order valence-corrected chi connectivity index (χ0v) is 11.9. The molecule has 0 amide bonds. The van der Waals surface area contributed by atoms with Crippen LogP contribution in [0.2, 0.25) is 0 Å². The minimum Gasteiger partial charge on any atom is -0.497 e. The molecule has 2 rings (SSSR count). The molecular weight excluding hydrogens is 337 g/mol. The molecule has 6 heteroatoms. The Bertz CT molecular complexity index is 623. The van der Waals surface area contributed by atoms with Crippen LogP contribution in [0.5, 0.6) is 5.75 Å². The van der Waals surface area contributed by atoms with Crippen molar-refractivity contribution >= 4 is 15.9 Å². The van der Waals surface area contributed by atoms with Gasteiger partial charge in [-0.3, -0.25) is 0 Å². The van der Waals surface area contributed by atoms with Crippen molar-refractivity contribution < 1.29 is 23.0 Å². The fraction of sp³-hybridized carbons (Fsp3) is 0.143. The van der Waals surface area contributed by atoms with Crippen LogP contribution in [0.4, 0.5) is 13.2 Å². The Morgan fingerprint density at radius 1 is 1.05 bits per heavy atom. The molecule has 0 saturated carbocycles. The van der Waals surface area contributed by atoms with Crippen molar-refractivity contribution in [3.05, 3.63) is 63.4 Å². The second kappa shape index (κ2) is 5.85. The van der Waals surface area contributed by atoms with Crippen molar-refractivity contribution in [2.75, 3.05) is 7.11 Å². The molecule has 0 fully saturated rings. The van der Waals surface area contributed by atoms with Crippen molar-refractivity contribution in [1.82, 2.24) is 0 Å². The van der Waals surface area contributed by atoms with Gasteiger partial charge in [0.1, 0.15) is 29.3 Å². The second-order valence-corrected chi connectivity index (χ2v) is 4.94. The third-order valence-corrected chi connectivity index (χ3v) is 3.46. The summed E-state index contributed by atoms with van der Waals surface area (Å²) in [5.41, 5.74) is -0.499. The van der Waals surface area contributed by atoms with E-state index < -0.39 is 29.1 Å². The number of hydrogen-bond acceptors (Lipinski definition) is 2. The van der Waals surface area contributed by atoms with Gasteiger partial charge in [-0.05, 0) is 33.6 Å². The number of rotatable bonds is 3. The number of aliphatic hydroxyl groups is 1. The molecule has 0 saturated heterocycles. The summed E-state index contributed by atoms with van der Waals surface area (Å²) in [6, 6.07) is 5.65. The van der Waals surface area contributed by atoms with Gasteiger partial charge in [0.05, 0.1) is 17.1 Å². The minimum absolute atomic E-state index is 0.00191. The van der Waals surface area contributed by atoms with Crippen LogP contribution in [-0.4, -0.2) is 12.2 Å². The summed E-state index contributed by atoms with van der Waals surface area (Å²) in [5, 5.41) is 10.0. The molecule has 1 N–H and O–H groups in total. The van der Waals surface area contributed by atoms with Crippen molar-refractivity contribution in [2.24, 2.45) is 0 Å². The van der Waals surface area contributed by atoms with Gasteiger partial charge in [0, 0.05) is 12.1 Å². The van der Waals surface area contributed by atoms with Gasteiger partial charge in [-0.1, -0.05) is 6.07 Å². The summed E-state index contributed by atoms with van der Waals surface area (Å²) in [7, 11) is 1.27. The highest BCUT2D eigenvalue weighted by molar-refractivity contribution is 9.10. The van der Waals surface area contributed by atoms with Crippen LogP contribution in [-0.2, 0) is 0 Å². The van der Waals surface area contributed by atoms with E-state index in [1.54, 1.807) is 0 Å². The van der Waals surface area contributed by atoms with Crippen LogP contribution in [0.15, 0.2) is 34.8 Å². The number of benzene rings is 2. The van der Waals surface area contributed by atoms with Crippen LogP contribution >= 0.6 is 15.9 Å². The molecule has 0 spiro atoms. The number of aliphatic hydroxyl groups excluding tert-OH is 1. The SMILES string of the molecule is COc1cc(F)c(C(O)c2ccc(Br)c(F)c2)c(F)c1. The maximum atomic E-state index is 13.8.